The number of hydrogen-bond acceptors (Lipinski definition) is 5. The van der Waals surface area contributed by atoms with Crippen molar-refractivity contribution < 1.29 is 14.4 Å². The van der Waals surface area contributed by atoms with Crippen LogP contribution >= 0.6 is 0 Å². The summed E-state index contributed by atoms with van der Waals surface area (Å²) in [6, 6.07) is 6.28. The highest BCUT2D eigenvalue weighted by Crippen LogP contribution is 2.28. The Morgan fingerprint density at radius 2 is 2.07 bits per heavy atom. The van der Waals surface area contributed by atoms with Gasteiger partial charge in [-0.25, -0.2) is 0 Å². The van der Waals surface area contributed by atoms with Gasteiger partial charge in [-0.2, -0.15) is 0 Å². The van der Waals surface area contributed by atoms with Crippen LogP contribution in [0.5, 0.6) is 0 Å². The highest BCUT2D eigenvalue weighted by atomic mass is 16.2. The average molecular weight is 384 g/mol. The Hall–Kier alpha value is -2.25. The van der Waals surface area contributed by atoms with Gasteiger partial charge in [0.1, 0.15) is 6.04 Å². The molecule has 3 unspecified atom stereocenters. The first-order valence-corrected chi connectivity index (χ1v) is 10.3. The molecule has 1 aromatic rings. The van der Waals surface area contributed by atoms with E-state index in [1.54, 1.807) is 4.90 Å². The lowest BCUT2D eigenvalue weighted by molar-refractivity contribution is -0.136. The molecule has 3 N–H and O–H groups in total. The largest absolute Gasteiger partial charge is 0.322 e. The Kier molecular flexibility index (Phi) is 5.46. The van der Waals surface area contributed by atoms with Gasteiger partial charge in [0.15, 0.2) is 0 Å². The fraction of sp³-hybridized carbons (Fsp3) is 0.571. The second-order valence-electron chi connectivity index (χ2n) is 8.12. The van der Waals surface area contributed by atoms with E-state index in [0.29, 0.717) is 37.2 Å². The van der Waals surface area contributed by atoms with Gasteiger partial charge >= 0.3 is 0 Å². The molecular weight excluding hydrogens is 356 g/mol. The number of fused-ring (bicyclic) bond motifs is 1. The summed E-state index contributed by atoms with van der Waals surface area (Å²) in [5.74, 6) is -0.748. The molecule has 3 aliphatic heterocycles. The summed E-state index contributed by atoms with van der Waals surface area (Å²) in [4.78, 5) is 38.0. The number of nitrogens with zero attached hydrogens (tertiary/aromatic N) is 1. The molecule has 3 heterocycles. The van der Waals surface area contributed by atoms with E-state index in [1.165, 1.54) is 19.3 Å². The standard InChI is InChI=1S/C21H28N4O3/c1-13(17-4-2-3-9-22-17)23-11-14-5-6-15-12-25(21(28)16(15)10-14)18-7-8-19(26)24-20(18)27/h5-6,10,13,17-18,22-23H,2-4,7-9,11-12H2,1H3,(H,24,26,27). The van der Waals surface area contributed by atoms with Crippen LogP contribution in [-0.4, -0.2) is 47.3 Å². The van der Waals surface area contributed by atoms with Crippen molar-refractivity contribution in [2.24, 2.45) is 0 Å². The highest BCUT2D eigenvalue weighted by molar-refractivity contribution is 6.05. The van der Waals surface area contributed by atoms with Crippen molar-refractivity contribution in [1.82, 2.24) is 20.9 Å². The van der Waals surface area contributed by atoms with Gasteiger partial charge in [0.05, 0.1) is 0 Å². The first-order valence-electron chi connectivity index (χ1n) is 10.3. The van der Waals surface area contributed by atoms with Gasteiger partial charge in [0.2, 0.25) is 11.8 Å². The third-order valence-corrected chi connectivity index (χ3v) is 6.17. The van der Waals surface area contributed by atoms with E-state index < -0.39 is 6.04 Å². The van der Waals surface area contributed by atoms with E-state index in [2.05, 4.69) is 22.9 Å². The van der Waals surface area contributed by atoms with E-state index in [1.807, 2.05) is 18.2 Å². The van der Waals surface area contributed by atoms with Gasteiger partial charge < -0.3 is 15.5 Å². The minimum Gasteiger partial charge on any atom is -0.322 e. The zero-order chi connectivity index (χ0) is 19.7. The monoisotopic (exact) mass is 384 g/mol. The van der Waals surface area contributed by atoms with Crippen molar-refractivity contribution >= 4 is 17.7 Å². The van der Waals surface area contributed by atoms with Gasteiger partial charge in [0.25, 0.3) is 5.91 Å². The third-order valence-electron chi connectivity index (χ3n) is 6.17. The van der Waals surface area contributed by atoms with Crippen LogP contribution in [0.3, 0.4) is 0 Å². The number of hydrogen-bond donors (Lipinski definition) is 3. The molecule has 3 atom stereocenters. The normalized spacial score (nSPS) is 26.2. The Morgan fingerprint density at radius 3 is 2.82 bits per heavy atom. The van der Waals surface area contributed by atoms with Crippen molar-refractivity contribution in [3.63, 3.8) is 0 Å². The second-order valence-corrected chi connectivity index (χ2v) is 8.12. The molecule has 0 radical (unpaired) electrons. The Labute approximate surface area is 165 Å². The molecule has 0 spiro atoms. The zero-order valence-corrected chi connectivity index (χ0v) is 16.3. The van der Waals surface area contributed by atoms with Crippen molar-refractivity contribution in [3.8, 4) is 0 Å². The van der Waals surface area contributed by atoms with Crippen LogP contribution < -0.4 is 16.0 Å². The molecule has 7 heteroatoms. The number of carbonyl (C=O) groups excluding carboxylic acids is 3. The van der Waals surface area contributed by atoms with Crippen molar-refractivity contribution in [1.29, 1.82) is 0 Å². The van der Waals surface area contributed by atoms with E-state index >= 15 is 0 Å². The van der Waals surface area contributed by atoms with Crippen LogP contribution in [0.2, 0.25) is 0 Å². The molecule has 3 amide bonds. The van der Waals surface area contributed by atoms with E-state index in [-0.39, 0.29) is 24.1 Å². The Bertz CT molecular complexity index is 788. The minimum atomic E-state index is -0.559. The lowest BCUT2D eigenvalue weighted by Gasteiger charge is -2.29. The minimum absolute atomic E-state index is 0.117. The lowest BCUT2D eigenvalue weighted by atomic mass is 9.98. The van der Waals surface area contributed by atoms with Gasteiger partial charge in [-0.3, -0.25) is 19.7 Å². The average Bonchev–Trinajstić information content (AvgIpc) is 3.03. The first-order chi connectivity index (χ1) is 13.5. The first kappa shape index (κ1) is 19.1. The molecular formula is C21H28N4O3. The summed E-state index contributed by atoms with van der Waals surface area (Å²) in [6.07, 6.45) is 4.38. The summed E-state index contributed by atoms with van der Waals surface area (Å²) in [6.45, 7) is 4.42. The molecule has 0 aliphatic carbocycles. The molecule has 0 aromatic heterocycles. The molecule has 2 fully saturated rings. The summed E-state index contributed by atoms with van der Waals surface area (Å²) < 4.78 is 0. The topological polar surface area (TPSA) is 90.5 Å². The molecule has 0 saturated carbocycles. The molecule has 2 saturated heterocycles. The fourth-order valence-electron chi connectivity index (χ4n) is 4.44. The van der Waals surface area contributed by atoms with Gasteiger partial charge in [-0.1, -0.05) is 18.6 Å². The SMILES string of the molecule is CC(NCc1ccc2c(c1)C(=O)N(C1CCC(=O)NC1=O)C2)C1CCCCN1. The van der Waals surface area contributed by atoms with Gasteiger partial charge in [-0.05, 0) is 49.9 Å². The molecule has 3 aliphatic rings. The predicted molar refractivity (Wildman–Crippen MR) is 104 cm³/mol. The molecule has 1 aromatic carbocycles. The Balaban J connectivity index is 1.40. The van der Waals surface area contributed by atoms with Crippen molar-refractivity contribution in [2.75, 3.05) is 6.54 Å². The van der Waals surface area contributed by atoms with E-state index in [4.69, 9.17) is 0 Å². The van der Waals surface area contributed by atoms with Gasteiger partial charge in [-0.15, -0.1) is 0 Å². The number of amides is 3. The molecule has 7 nitrogen and oxygen atoms in total. The maximum atomic E-state index is 12.9. The summed E-state index contributed by atoms with van der Waals surface area (Å²) in [5, 5.41) is 9.48. The quantitative estimate of drug-likeness (QED) is 0.661. The van der Waals surface area contributed by atoms with Crippen LogP contribution in [0.4, 0.5) is 0 Å². The number of piperidine rings is 2. The number of imide groups is 1. The van der Waals surface area contributed by atoms with Crippen LogP contribution in [0.1, 0.15) is 60.5 Å². The van der Waals surface area contributed by atoms with Crippen molar-refractivity contribution in [3.05, 3.63) is 34.9 Å². The van der Waals surface area contributed by atoms with Crippen LogP contribution in [0.15, 0.2) is 18.2 Å². The lowest BCUT2D eigenvalue weighted by Crippen LogP contribution is -2.52. The molecule has 150 valence electrons. The number of nitrogens with one attached hydrogen (secondary N) is 3. The number of carbonyl (C=O) groups is 3. The third kappa shape index (κ3) is 3.82. The van der Waals surface area contributed by atoms with Crippen LogP contribution in [0.25, 0.3) is 0 Å². The van der Waals surface area contributed by atoms with Crippen LogP contribution in [0, 0.1) is 0 Å². The van der Waals surface area contributed by atoms with E-state index in [0.717, 1.165) is 17.7 Å². The molecule has 4 rings (SSSR count). The van der Waals surface area contributed by atoms with E-state index in [9.17, 15) is 14.4 Å². The fourth-order valence-corrected chi connectivity index (χ4v) is 4.44. The summed E-state index contributed by atoms with van der Waals surface area (Å²) in [7, 11) is 0. The summed E-state index contributed by atoms with van der Waals surface area (Å²) in [5.41, 5.74) is 2.69. The number of benzene rings is 1. The summed E-state index contributed by atoms with van der Waals surface area (Å²) >= 11 is 0. The zero-order valence-electron chi connectivity index (χ0n) is 16.3. The smallest absolute Gasteiger partial charge is 0.255 e. The van der Waals surface area contributed by atoms with Gasteiger partial charge in [0, 0.05) is 37.2 Å². The highest BCUT2D eigenvalue weighted by Gasteiger charge is 2.39. The van der Waals surface area contributed by atoms with Crippen LogP contribution in [-0.2, 0) is 22.7 Å². The molecule has 0 bridgehead atoms. The maximum Gasteiger partial charge on any atom is 0.255 e. The van der Waals surface area contributed by atoms with Crippen molar-refractivity contribution in [2.45, 2.75) is 70.2 Å². The molecule has 28 heavy (non-hydrogen) atoms. The predicted octanol–water partition coefficient (Wildman–Crippen LogP) is 1.07. The maximum absolute atomic E-state index is 12.9. The second kappa shape index (κ2) is 8.01. The number of rotatable bonds is 5. The Morgan fingerprint density at radius 1 is 1.21 bits per heavy atom.